The first-order valence-corrected chi connectivity index (χ1v) is 12.6. The van der Waals surface area contributed by atoms with Gasteiger partial charge in [-0.2, -0.15) is 0 Å². The molecule has 182 valence electrons. The molecule has 1 aromatic heterocycles. The first-order valence-electron chi connectivity index (χ1n) is 12.6. The van der Waals surface area contributed by atoms with Gasteiger partial charge in [0.2, 0.25) is 0 Å². The molecule has 33 heavy (non-hydrogen) atoms. The van der Waals surface area contributed by atoms with Crippen molar-refractivity contribution in [2.24, 2.45) is 5.92 Å². The number of aromatic nitrogens is 2. The number of carbonyl (C=O) groups is 2. The largest absolute Gasteiger partial charge is 0.442 e. The van der Waals surface area contributed by atoms with Crippen molar-refractivity contribution in [2.45, 2.75) is 83.8 Å². The zero-order chi connectivity index (χ0) is 23.6. The molecule has 1 aromatic rings. The van der Waals surface area contributed by atoms with E-state index in [4.69, 9.17) is 4.74 Å². The van der Waals surface area contributed by atoms with E-state index in [-0.39, 0.29) is 23.1 Å². The number of alkyl carbamates (subject to hydrolysis) is 1. The van der Waals surface area contributed by atoms with Crippen LogP contribution in [0.1, 0.15) is 80.5 Å². The number of amides is 2. The number of carbonyl (C=O) groups excluding carboxylic acids is 2. The maximum atomic E-state index is 13.2. The summed E-state index contributed by atoms with van der Waals surface area (Å²) in [6, 6.07) is 0. The molecule has 3 fully saturated rings. The molecule has 3 saturated heterocycles. The van der Waals surface area contributed by atoms with Crippen LogP contribution in [0.3, 0.4) is 0 Å². The third-order valence-electron chi connectivity index (χ3n) is 8.38. The monoisotopic (exact) mass is 457 g/mol. The number of nitrogens with one attached hydrogen (secondary N) is 1. The lowest BCUT2D eigenvalue weighted by Crippen LogP contribution is -2.63. The molecule has 8 nitrogen and oxygen atoms in total. The van der Waals surface area contributed by atoms with E-state index in [2.05, 4.69) is 34.0 Å². The fraction of sp³-hybridized carbons (Fsp3) is 0.760. The predicted octanol–water partition coefficient (Wildman–Crippen LogP) is 3.47. The van der Waals surface area contributed by atoms with Gasteiger partial charge in [-0.25, -0.2) is 14.8 Å². The van der Waals surface area contributed by atoms with E-state index >= 15 is 0 Å². The van der Waals surface area contributed by atoms with E-state index in [1.165, 1.54) is 12.7 Å². The molecule has 0 radical (unpaired) electrons. The Morgan fingerprint density at radius 2 is 1.76 bits per heavy atom. The van der Waals surface area contributed by atoms with Crippen LogP contribution in [0.5, 0.6) is 0 Å². The molecule has 3 aliphatic heterocycles. The lowest BCUT2D eigenvalue weighted by molar-refractivity contribution is -0.111. The average Bonchev–Trinajstić information content (AvgIpc) is 2.79. The Kier molecular flexibility index (Phi) is 6.93. The Morgan fingerprint density at radius 3 is 2.36 bits per heavy atom. The van der Waals surface area contributed by atoms with Crippen molar-refractivity contribution in [3.05, 3.63) is 23.3 Å². The van der Waals surface area contributed by atoms with Crippen molar-refractivity contribution in [3.8, 4) is 0 Å². The smallest absolute Gasteiger partial charge is 0.407 e. The van der Waals surface area contributed by atoms with Crippen LogP contribution >= 0.6 is 0 Å². The number of aryl methyl sites for hydroxylation is 2. The van der Waals surface area contributed by atoms with Crippen molar-refractivity contribution in [1.82, 2.24) is 25.1 Å². The van der Waals surface area contributed by atoms with E-state index in [0.29, 0.717) is 11.5 Å². The Labute approximate surface area is 197 Å². The topological polar surface area (TPSA) is 87.7 Å². The number of likely N-dealkylation sites (tertiary alicyclic amines) is 2. The van der Waals surface area contributed by atoms with Crippen molar-refractivity contribution < 1.29 is 14.3 Å². The molecule has 8 heteroatoms. The van der Waals surface area contributed by atoms with E-state index in [1.54, 1.807) is 0 Å². The molecule has 1 unspecified atom stereocenters. The van der Waals surface area contributed by atoms with Crippen LogP contribution in [0.2, 0.25) is 0 Å². The quantitative estimate of drug-likeness (QED) is 0.729. The fourth-order valence-electron chi connectivity index (χ4n) is 6.02. The molecule has 0 bridgehead atoms. The van der Waals surface area contributed by atoms with Gasteiger partial charge in [0.05, 0.1) is 17.0 Å². The Bertz CT molecular complexity index is 853. The van der Waals surface area contributed by atoms with Crippen LogP contribution in [0.25, 0.3) is 0 Å². The minimum Gasteiger partial charge on any atom is -0.442 e. The summed E-state index contributed by atoms with van der Waals surface area (Å²) in [5.41, 5.74) is 1.88. The summed E-state index contributed by atoms with van der Waals surface area (Å²) in [6.45, 7) is 12.4. The van der Waals surface area contributed by atoms with Gasteiger partial charge in [0.15, 0.2) is 0 Å². The van der Waals surface area contributed by atoms with Crippen LogP contribution in [-0.2, 0) is 4.74 Å². The fourth-order valence-corrected chi connectivity index (χ4v) is 6.02. The summed E-state index contributed by atoms with van der Waals surface area (Å²) in [5.74, 6) is 0.440. The SMILES string of the molecule is CCCCC1CNC(=O)OC12CCN(C1(C)CCN(C(=O)c3c(C)ncnc3C)CC1)CC2. The lowest BCUT2D eigenvalue weighted by atomic mass is 9.74. The molecule has 0 aromatic carbocycles. The number of piperidine rings is 2. The van der Waals surface area contributed by atoms with E-state index in [1.807, 2.05) is 18.7 Å². The van der Waals surface area contributed by atoms with Crippen molar-refractivity contribution >= 4 is 12.0 Å². The summed E-state index contributed by atoms with van der Waals surface area (Å²) in [6.07, 6.45) is 8.37. The number of hydrogen-bond acceptors (Lipinski definition) is 6. The highest BCUT2D eigenvalue weighted by molar-refractivity contribution is 5.96. The van der Waals surface area contributed by atoms with Gasteiger partial charge in [0.1, 0.15) is 11.9 Å². The molecular formula is C25H39N5O3. The summed E-state index contributed by atoms with van der Waals surface area (Å²) in [5, 5.41) is 2.91. The normalized spacial score (nSPS) is 24.9. The van der Waals surface area contributed by atoms with Gasteiger partial charge in [-0.05, 0) is 40.0 Å². The van der Waals surface area contributed by atoms with E-state index in [0.717, 1.165) is 82.6 Å². The molecule has 4 heterocycles. The number of unbranched alkanes of at least 4 members (excludes halogenated alkanes) is 1. The molecule has 0 aliphatic carbocycles. The summed E-state index contributed by atoms with van der Waals surface area (Å²) in [4.78, 5) is 38.2. The van der Waals surface area contributed by atoms with Crippen molar-refractivity contribution in [1.29, 1.82) is 0 Å². The summed E-state index contributed by atoms with van der Waals surface area (Å²) >= 11 is 0. The Morgan fingerprint density at radius 1 is 1.12 bits per heavy atom. The highest BCUT2D eigenvalue weighted by Crippen LogP contribution is 2.41. The maximum absolute atomic E-state index is 13.2. The highest BCUT2D eigenvalue weighted by Gasteiger charge is 2.49. The van der Waals surface area contributed by atoms with Gasteiger partial charge in [0.25, 0.3) is 5.91 Å². The molecule has 1 N–H and O–H groups in total. The zero-order valence-electron chi connectivity index (χ0n) is 20.7. The third kappa shape index (κ3) is 4.72. The van der Waals surface area contributed by atoms with Crippen LogP contribution in [-0.4, -0.2) is 75.6 Å². The second-order valence-electron chi connectivity index (χ2n) is 10.4. The van der Waals surface area contributed by atoms with Crippen LogP contribution in [0, 0.1) is 19.8 Å². The molecule has 3 aliphatic rings. The minimum absolute atomic E-state index is 0.0469. The van der Waals surface area contributed by atoms with Crippen LogP contribution in [0.4, 0.5) is 4.79 Å². The lowest BCUT2D eigenvalue weighted by Gasteiger charge is -2.53. The predicted molar refractivity (Wildman–Crippen MR) is 126 cm³/mol. The molecule has 1 spiro atoms. The van der Waals surface area contributed by atoms with Gasteiger partial charge in [-0.1, -0.05) is 19.8 Å². The van der Waals surface area contributed by atoms with Gasteiger partial charge in [-0.15, -0.1) is 0 Å². The summed E-state index contributed by atoms with van der Waals surface area (Å²) in [7, 11) is 0. The number of rotatable bonds is 5. The second-order valence-corrected chi connectivity index (χ2v) is 10.4. The first kappa shape index (κ1) is 23.9. The number of ether oxygens (including phenoxy) is 1. The second kappa shape index (κ2) is 9.57. The highest BCUT2D eigenvalue weighted by atomic mass is 16.6. The molecule has 4 rings (SSSR count). The minimum atomic E-state index is -0.316. The van der Waals surface area contributed by atoms with E-state index in [9.17, 15) is 9.59 Å². The van der Waals surface area contributed by atoms with Gasteiger partial charge in [0, 0.05) is 57.0 Å². The van der Waals surface area contributed by atoms with E-state index < -0.39 is 0 Å². The Balaban J connectivity index is 1.37. The van der Waals surface area contributed by atoms with Gasteiger partial charge >= 0.3 is 6.09 Å². The number of nitrogens with zero attached hydrogens (tertiary/aromatic N) is 4. The maximum Gasteiger partial charge on any atom is 0.407 e. The standard InChI is InChI=1S/C25H39N5O3/c1-5-6-7-20-16-26-23(32)33-25(20)10-14-30(15-11-25)24(4)8-12-29(13-9-24)22(31)21-18(2)27-17-28-19(21)3/h17,20H,5-16H2,1-4H3,(H,26,32). The van der Waals surface area contributed by atoms with Gasteiger partial charge < -0.3 is 15.0 Å². The summed E-state index contributed by atoms with van der Waals surface area (Å²) < 4.78 is 5.97. The van der Waals surface area contributed by atoms with Crippen molar-refractivity contribution in [2.75, 3.05) is 32.7 Å². The molecule has 2 amide bonds. The van der Waals surface area contributed by atoms with Gasteiger partial charge in [-0.3, -0.25) is 9.69 Å². The third-order valence-corrected chi connectivity index (χ3v) is 8.38. The Hall–Kier alpha value is -2.22. The zero-order valence-corrected chi connectivity index (χ0v) is 20.7. The average molecular weight is 458 g/mol. The molecule has 0 saturated carbocycles. The van der Waals surface area contributed by atoms with Crippen LogP contribution in [0.15, 0.2) is 6.33 Å². The van der Waals surface area contributed by atoms with Crippen molar-refractivity contribution in [3.63, 3.8) is 0 Å². The van der Waals surface area contributed by atoms with Crippen LogP contribution < -0.4 is 5.32 Å². The first-order chi connectivity index (χ1) is 15.8. The molecule has 1 atom stereocenters. The number of hydrogen-bond donors (Lipinski definition) is 1. The molecular weight excluding hydrogens is 418 g/mol.